The van der Waals surface area contributed by atoms with Gasteiger partial charge < -0.3 is 10.1 Å². The van der Waals surface area contributed by atoms with Gasteiger partial charge in [0.15, 0.2) is 0 Å². The number of carbonyl (C=O) groups excluding carboxylic acids is 2. The van der Waals surface area contributed by atoms with Crippen LogP contribution in [-0.4, -0.2) is 35.1 Å². The number of hydrogen-bond donors (Lipinski definition) is 1. The van der Waals surface area contributed by atoms with Crippen molar-refractivity contribution in [3.8, 4) is 0 Å². The normalized spacial score (nSPS) is 24.7. The predicted octanol–water partition coefficient (Wildman–Crippen LogP) is 3.46. The molecule has 136 valence electrons. The van der Waals surface area contributed by atoms with Gasteiger partial charge in [0.25, 0.3) is 0 Å². The minimum absolute atomic E-state index is 0.0835. The first-order chi connectivity index (χ1) is 11.7. The van der Waals surface area contributed by atoms with Crippen molar-refractivity contribution in [2.75, 3.05) is 6.54 Å². The topological polar surface area (TPSA) is 58.6 Å². The average molecular weight is 413 g/mol. The molecule has 3 atom stereocenters. The lowest BCUT2D eigenvalue weighted by atomic mass is 10.1. The van der Waals surface area contributed by atoms with Crippen LogP contribution >= 0.6 is 15.9 Å². The first-order valence-electron chi connectivity index (χ1n) is 8.37. The second kappa shape index (κ2) is 6.59. The maximum atomic E-state index is 13.8. The van der Waals surface area contributed by atoms with Crippen LogP contribution in [0, 0.1) is 17.7 Å². The molecule has 1 aromatic rings. The van der Waals surface area contributed by atoms with Crippen molar-refractivity contribution < 1.29 is 18.7 Å². The van der Waals surface area contributed by atoms with Gasteiger partial charge in [0.1, 0.15) is 17.5 Å². The van der Waals surface area contributed by atoms with E-state index in [0.29, 0.717) is 18.0 Å². The summed E-state index contributed by atoms with van der Waals surface area (Å²) < 4.78 is 20.0. The molecule has 0 bridgehead atoms. The highest BCUT2D eigenvalue weighted by Crippen LogP contribution is 2.49. The van der Waals surface area contributed by atoms with Crippen LogP contribution in [0.1, 0.15) is 32.8 Å². The van der Waals surface area contributed by atoms with Crippen molar-refractivity contribution >= 4 is 27.9 Å². The smallest absolute Gasteiger partial charge is 0.410 e. The lowest BCUT2D eigenvalue weighted by molar-refractivity contribution is -0.126. The van der Waals surface area contributed by atoms with E-state index >= 15 is 0 Å². The van der Waals surface area contributed by atoms with Crippen molar-refractivity contribution in [2.45, 2.75) is 45.4 Å². The molecule has 2 aliphatic rings. The van der Waals surface area contributed by atoms with Gasteiger partial charge in [-0.25, -0.2) is 9.18 Å². The number of carbonyl (C=O) groups is 2. The Labute approximate surface area is 155 Å². The highest BCUT2D eigenvalue weighted by atomic mass is 79.9. The van der Waals surface area contributed by atoms with Crippen molar-refractivity contribution in [3.63, 3.8) is 0 Å². The minimum Gasteiger partial charge on any atom is -0.444 e. The van der Waals surface area contributed by atoms with Gasteiger partial charge in [0.2, 0.25) is 5.91 Å². The summed E-state index contributed by atoms with van der Waals surface area (Å²) in [6, 6.07) is 4.06. The molecule has 1 heterocycles. The summed E-state index contributed by atoms with van der Waals surface area (Å²) in [5.41, 5.74) is -0.207. The third-order valence-electron chi connectivity index (χ3n) is 4.51. The van der Waals surface area contributed by atoms with E-state index in [0.717, 1.165) is 10.9 Å². The molecule has 0 radical (unpaired) electrons. The van der Waals surface area contributed by atoms with Crippen LogP contribution in [0.15, 0.2) is 22.7 Å². The third-order valence-corrected chi connectivity index (χ3v) is 5.00. The Balaban J connectivity index is 1.65. The van der Waals surface area contributed by atoms with Crippen molar-refractivity contribution in [1.82, 2.24) is 10.2 Å². The fourth-order valence-corrected chi connectivity index (χ4v) is 3.68. The number of benzene rings is 1. The van der Waals surface area contributed by atoms with Gasteiger partial charge in [-0.1, -0.05) is 15.9 Å². The van der Waals surface area contributed by atoms with Gasteiger partial charge in [-0.2, -0.15) is 0 Å². The fourth-order valence-electron chi connectivity index (χ4n) is 3.28. The molecule has 25 heavy (non-hydrogen) atoms. The molecule has 1 aromatic carbocycles. The molecule has 2 amide bonds. The molecule has 2 fully saturated rings. The summed E-state index contributed by atoms with van der Waals surface area (Å²) in [7, 11) is 0. The fraction of sp³-hybridized carbons (Fsp3) is 0.556. The molecule has 1 saturated carbocycles. The van der Waals surface area contributed by atoms with E-state index in [9.17, 15) is 14.0 Å². The van der Waals surface area contributed by atoms with E-state index in [2.05, 4.69) is 21.2 Å². The molecule has 1 N–H and O–H groups in total. The molecule has 1 saturated heterocycles. The van der Waals surface area contributed by atoms with Crippen molar-refractivity contribution in [2.24, 2.45) is 11.8 Å². The Morgan fingerprint density at radius 2 is 2.12 bits per heavy atom. The number of hydrogen-bond acceptors (Lipinski definition) is 3. The first-order valence-corrected chi connectivity index (χ1v) is 9.16. The van der Waals surface area contributed by atoms with Crippen LogP contribution in [-0.2, 0) is 16.1 Å². The Hall–Kier alpha value is -1.63. The van der Waals surface area contributed by atoms with E-state index in [1.54, 1.807) is 32.9 Å². The van der Waals surface area contributed by atoms with E-state index in [1.165, 1.54) is 11.0 Å². The van der Waals surface area contributed by atoms with Crippen LogP contribution in [0.2, 0.25) is 0 Å². The minimum atomic E-state index is -0.607. The lowest BCUT2D eigenvalue weighted by Crippen LogP contribution is -2.49. The summed E-state index contributed by atoms with van der Waals surface area (Å²) >= 11 is 3.29. The standard InChI is InChI=1S/C18H22BrFN2O3/c1-18(2,3)25-17(24)22-9-11-7-13(11)15(22)16(23)21-8-10-6-12(19)4-5-14(10)20/h4-6,11,13,15H,7-9H2,1-3H3,(H,21,23)/t11-,13-,15-/m0/s1. The number of ether oxygens (including phenoxy) is 1. The first kappa shape index (κ1) is 18.2. The van der Waals surface area contributed by atoms with E-state index < -0.39 is 17.7 Å². The second-order valence-electron chi connectivity index (χ2n) is 7.69. The molecule has 0 aromatic heterocycles. The molecule has 0 spiro atoms. The second-order valence-corrected chi connectivity index (χ2v) is 8.61. The van der Waals surface area contributed by atoms with Crippen LogP contribution in [0.25, 0.3) is 0 Å². The summed E-state index contributed by atoms with van der Waals surface area (Å²) in [4.78, 5) is 26.5. The van der Waals surface area contributed by atoms with Gasteiger partial charge in [-0.15, -0.1) is 0 Å². The molecular formula is C18H22BrFN2O3. The van der Waals surface area contributed by atoms with Gasteiger partial charge in [-0.05, 0) is 57.2 Å². The van der Waals surface area contributed by atoms with Crippen LogP contribution in [0.4, 0.5) is 9.18 Å². The maximum Gasteiger partial charge on any atom is 0.410 e. The largest absolute Gasteiger partial charge is 0.444 e. The molecule has 0 unspecified atom stereocenters. The summed E-state index contributed by atoms with van der Waals surface area (Å²) in [6.45, 7) is 6.02. The molecule has 3 rings (SSSR count). The predicted molar refractivity (Wildman–Crippen MR) is 94.3 cm³/mol. The zero-order valence-corrected chi connectivity index (χ0v) is 16.1. The summed E-state index contributed by atoms with van der Waals surface area (Å²) in [5.74, 6) is -0.0794. The van der Waals surface area contributed by atoms with E-state index in [1.807, 2.05) is 0 Å². The summed E-state index contributed by atoms with van der Waals surface area (Å²) in [5, 5.41) is 2.76. The monoisotopic (exact) mass is 412 g/mol. The van der Waals surface area contributed by atoms with Crippen LogP contribution < -0.4 is 5.32 Å². The number of likely N-dealkylation sites (tertiary alicyclic amines) is 1. The van der Waals surface area contributed by atoms with Crippen molar-refractivity contribution in [1.29, 1.82) is 0 Å². The molecule has 5 nitrogen and oxygen atoms in total. The average Bonchev–Trinajstić information content (AvgIpc) is 3.16. The Morgan fingerprint density at radius 1 is 1.40 bits per heavy atom. The number of fused-ring (bicyclic) bond motifs is 1. The van der Waals surface area contributed by atoms with E-state index in [-0.39, 0.29) is 24.2 Å². The van der Waals surface area contributed by atoms with Gasteiger partial charge in [0.05, 0.1) is 0 Å². The van der Waals surface area contributed by atoms with Gasteiger partial charge in [0, 0.05) is 23.1 Å². The highest BCUT2D eigenvalue weighted by molar-refractivity contribution is 9.10. The zero-order valence-electron chi connectivity index (χ0n) is 14.5. The number of rotatable bonds is 3. The SMILES string of the molecule is CC(C)(C)OC(=O)N1C[C@@H]2C[C@@H]2[C@H]1C(=O)NCc1cc(Br)ccc1F. The highest BCUT2D eigenvalue weighted by Gasteiger charge is 2.57. The maximum absolute atomic E-state index is 13.8. The molecule has 7 heteroatoms. The Kier molecular flexibility index (Phi) is 4.79. The Bertz CT molecular complexity index is 704. The van der Waals surface area contributed by atoms with Crippen LogP contribution in [0.5, 0.6) is 0 Å². The van der Waals surface area contributed by atoms with E-state index in [4.69, 9.17) is 4.74 Å². The summed E-state index contributed by atoms with van der Waals surface area (Å²) in [6.07, 6.45) is 0.483. The number of amides is 2. The van der Waals surface area contributed by atoms with Gasteiger partial charge in [-0.3, -0.25) is 9.69 Å². The van der Waals surface area contributed by atoms with Gasteiger partial charge >= 0.3 is 6.09 Å². The quantitative estimate of drug-likeness (QED) is 0.826. The number of piperidine rings is 1. The number of nitrogens with one attached hydrogen (secondary N) is 1. The zero-order chi connectivity index (χ0) is 18.4. The number of halogens is 2. The molecule has 1 aliphatic heterocycles. The third kappa shape index (κ3) is 4.14. The lowest BCUT2D eigenvalue weighted by Gasteiger charge is -2.29. The molecular weight excluding hydrogens is 391 g/mol. The molecule has 1 aliphatic carbocycles. The van der Waals surface area contributed by atoms with Crippen molar-refractivity contribution in [3.05, 3.63) is 34.1 Å². The van der Waals surface area contributed by atoms with Crippen LogP contribution in [0.3, 0.4) is 0 Å². The Morgan fingerprint density at radius 3 is 2.80 bits per heavy atom. The number of nitrogens with zero attached hydrogens (tertiary/aromatic N) is 1.